The Hall–Kier alpha value is -1.59. The summed E-state index contributed by atoms with van der Waals surface area (Å²) in [5, 5.41) is 0. The largest absolute Gasteiger partial charge is 0.296 e. The zero-order chi connectivity index (χ0) is 15.4. The van der Waals surface area contributed by atoms with E-state index in [0.717, 1.165) is 48.9 Å². The molecule has 2 aromatic rings. The highest BCUT2D eigenvalue weighted by Gasteiger charge is 2.18. The SMILES string of the molecule is CCc1ncc2c(n1)CN(CC[S@@](=O)c1ccccc1)CC2. The van der Waals surface area contributed by atoms with Gasteiger partial charge >= 0.3 is 0 Å². The van der Waals surface area contributed by atoms with Crippen molar-refractivity contribution in [3.8, 4) is 0 Å². The molecule has 1 aromatic heterocycles. The molecule has 0 fully saturated rings. The summed E-state index contributed by atoms with van der Waals surface area (Å²) >= 11 is 0. The maximum Gasteiger partial charge on any atom is 0.128 e. The van der Waals surface area contributed by atoms with Gasteiger partial charge in [0.05, 0.1) is 16.5 Å². The standard InChI is InChI=1S/C17H21N3OS/c1-2-17-18-12-14-8-9-20(13-16(14)19-17)10-11-22(21)15-6-4-3-5-7-15/h3-7,12H,2,8-11,13H2,1H3/t22-/m1/s1. The second kappa shape index (κ2) is 7.11. The van der Waals surface area contributed by atoms with E-state index in [-0.39, 0.29) is 0 Å². The second-order valence-corrected chi connectivity index (χ2v) is 7.07. The number of fused-ring (bicyclic) bond motifs is 1. The summed E-state index contributed by atoms with van der Waals surface area (Å²) < 4.78 is 12.3. The van der Waals surface area contributed by atoms with Gasteiger partial charge in [0, 0.05) is 42.9 Å². The van der Waals surface area contributed by atoms with E-state index in [0.29, 0.717) is 5.75 Å². The van der Waals surface area contributed by atoms with Gasteiger partial charge < -0.3 is 0 Å². The van der Waals surface area contributed by atoms with E-state index in [4.69, 9.17) is 0 Å². The second-order valence-electron chi connectivity index (χ2n) is 5.50. The zero-order valence-electron chi connectivity index (χ0n) is 12.9. The van der Waals surface area contributed by atoms with E-state index in [2.05, 4.69) is 21.8 Å². The Balaban J connectivity index is 1.59. The minimum atomic E-state index is -0.923. The number of hydrogen-bond donors (Lipinski definition) is 0. The van der Waals surface area contributed by atoms with Gasteiger partial charge in [0.15, 0.2) is 0 Å². The Morgan fingerprint density at radius 3 is 2.86 bits per heavy atom. The summed E-state index contributed by atoms with van der Waals surface area (Å²) in [6.45, 7) is 4.75. The lowest BCUT2D eigenvalue weighted by Gasteiger charge is -2.27. The molecule has 116 valence electrons. The third kappa shape index (κ3) is 3.59. The van der Waals surface area contributed by atoms with E-state index in [1.54, 1.807) is 0 Å². The molecular weight excluding hydrogens is 294 g/mol. The third-order valence-corrected chi connectivity index (χ3v) is 5.34. The van der Waals surface area contributed by atoms with Gasteiger partial charge in [0.25, 0.3) is 0 Å². The molecule has 1 aliphatic heterocycles. The number of nitrogens with zero attached hydrogens (tertiary/aromatic N) is 3. The average molecular weight is 315 g/mol. The summed E-state index contributed by atoms with van der Waals surface area (Å²) in [7, 11) is -0.923. The van der Waals surface area contributed by atoms with E-state index in [1.165, 1.54) is 5.56 Å². The Morgan fingerprint density at radius 1 is 1.27 bits per heavy atom. The van der Waals surface area contributed by atoms with Crippen LogP contribution in [0.25, 0.3) is 0 Å². The molecule has 0 unspecified atom stereocenters. The van der Waals surface area contributed by atoms with Crippen molar-refractivity contribution in [3.63, 3.8) is 0 Å². The lowest BCUT2D eigenvalue weighted by Crippen LogP contribution is -2.34. The summed E-state index contributed by atoms with van der Waals surface area (Å²) in [6, 6.07) is 9.69. The molecule has 3 rings (SSSR count). The molecule has 0 bridgehead atoms. The molecule has 0 amide bonds. The summed E-state index contributed by atoms with van der Waals surface area (Å²) in [4.78, 5) is 12.3. The van der Waals surface area contributed by atoms with Crippen LogP contribution in [0.5, 0.6) is 0 Å². The van der Waals surface area contributed by atoms with Crippen LogP contribution < -0.4 is 0 Å². The lowest BCUT2D eigenvalue weighted by atomic mass is 10.1. The molecule has 0 saturated heterocycles. The highest BCUT2D eigenvalue weighted by atomic mass is 32.2. The minimum Gasteiger partial charge on any atom is -0.296 e. The van der Waals surface area contributed by atoms with E-state index < -0.39 is 10.8 Å². The Bertz CT molecular complexity index is 660. The fourth-order valence-corrected chi connectivity index (χ4v) is 3.78. The quantitative estimate of drug-likeness (QED) is 0.848. The lowest BCUT2D eigenvalue weighted by molar-refractivity contribution is 0.264. The predicted octanol–water partition coefficient (Wildman–Crippen LogP) is 2.20. The van der Waals surface area contributed by atoms with Crippen molar-refractivity contribution in [2.24, 2.45) is 0 Å². The van der Waals surface area contributed by atoms with Crippen LogP contribution in [0.3, 0.4) is 0 Å². The van der Waals surface area contributed by atoms with Crippen LogP contribution in [0, 0.1) is 0 Å². The van der Waals surface area contributed by atoms with Gasteiger partial charge in [-0.15, -0.1) is 0 Å². The Morgan fingerprint density at radius 2 is 2.09 bits per heavy atom. The minimum absolute atomic E-state index is 0.672. The Kier molecular flexibility index (Phi) is 4.95. The molecule has 0 N–H and O–H groups in total. The Labute approximate surface area is 134 Å². The highest BCUT2D eigenvalue weighted by molar-refractivity contribution is 7.85. The van der Waals surface area contributed by atoms with Gasteiger partial charge in [-0.2, -0.15) is 0 Å². The molecule has 4 nitrogen and oxygen atoms in total. The van der Waals surface area contributed by atoms with Crippen molar-refractivity contribution >= 4 is 10.8 Å². The maximum absolute atomic E-state index is 12.3. The van der Waals surface area contributed by atoms with Crippen LogP contribution in [0.1, 0.15) is 24.0 Å². The van der Waals surface area contributed by atoms with Gasteiger partial charge in [0.1, 0.15) is 5.82 Å². The molecular formula is C17H21N3OS. The smallest absolute Gasteiger partial charge is 0.128 e. The van der Waals surface area contributed by atoms with Gasteiger partial charge in [0.2, 0.25) is 0 Å². The summed E-state index contributed by atoms with van der Waals surface area (Å²) in [5.41, 5.74) is 2.40. The molecule has 0 aliphatic carbocycles. The normalized spacial score (nSPS) is 16.2. The number of aromatic nitrogens is 2. The first-order valence-electron chi connectivity index (χ1n) is 7.75. The van der Waals surface area contributed by atoms with Crippen molar-refractivity contribution in [1.82, 2.24) is 14.9 Å². The van der Waals surface area contributed by atoms with Gasteiger partial charge in [-0.3, -0.25) is 9.11 Å². The molecule has 0 spiro atoms. The van der Waals surface area contributed by atoms with Crippen molar-refractivity contribution in [3.05, 3.63) is 53.6 Å². The first-order chi connectivity index (χ1) is 10.8. The summed E-state index contributed by atoms with van der Waals surface area (Å²) in [5.74, 6) is 1.58. The van der Waals surface area contributed by atoms with Crippen LogP contribution in [0.15, 0.2) is 41.4 Å². The molecule has 22 heavy (non-hydrogen) atoms. The topological polar surface area (TPSA) is 46.1 Å². The van der Waals surface area contributed by atoms with Crippen molar-refractivity contribution < 1.29 is 4.21 Å². The first kappa shape index (κ1) is 15.3. The van der Waals surface area contributed by atoms with Gasteiger partial charge in [-0.1, -0.05) is 25.1 Å². The first-order valence-corrected chi connectivity index (χ1v) is 9.07. The fourth-order valence-electron chi connectivity index (χ4n) is 2.66. The fraction of sp³-hybridized carbons (Fsp3) is 0.412. The van der Waals surface area contributed by atoms with Crippen LogP contribution in [-0.2, 0) is 30.2 Å². The number of hydrogen-bond acceptors (Lipinski definition) is 4. The van der Waals surface area contributed by atoms with E-state index in [1.807, 2.05) is 36.5 Å². The molecule has 0 radical (unpaired) electrons. The molecule has 1 aliphatic rings. The number of aryl methyl sites for hydroxylation is 1. The molecule has 1 aromatic carbocycles. The molecule has 2 heterocycles. The number of rotatable bonds is 5. The number of benzene rings is 1. The molecule has 5 heteroatoms. The third-order valence-electron chi connectivity index (χ3n) is 3.99. The van der Waals surface area contributed by atoms with E-state index >= 15 is 0 Å². The zero-order valence-corrected chi connectivity index (χ0v) is 13.7. The van der Waals surface area contributed by atoms with Gasteiger partial charge in [-0.25, -0.2) is 9.97 Å². The van der Waals surface area contributed by atoms with E-state index in [9.17, 15) is 4.21 Å². The molecule has 1 atom stereocenters. The van der Waals surface area contributed by atoms with Crippen molar-refractivity contribution in [2.45, 2.75) is 31.2 Å². The van der Waals surface area contributed by atoms with Crippen LogP contribution >= 0.6 is 0 Å². The van der Waals surface area contributed by atoms with Crippen molar-refractivity contribution in [1.29, 1.82) is 0 Å². The average Bonchev–Trinajstić information content (AvgIpc) is 2.59. The monoisotopic (exact) mass is 315 g/mol. The summed E-state index contributed by atoms with van der Waals surface area (Å²) in [6.07, 6.45) is 3.82. The van der Waals surface area contributed by atoms with Crippen LogP contribution in [0.4, 0.5) is 0 Å². The predicted molar refractivity (Wildman–Crippen MR) is 88.1 cm³/mol. The highest BCUT2D eigenvalue weighted by Crippen LogP contribution is 2.17. The molecule has 0 saturated carbocycles. The maximum atomic E-state index is 12.3. The van der Waals surface area contributed by atoms with Crippen LogP contribution in [-0.4, -0.2) is 37.9 Å². The van der Waals surface area contributed by atoms with Crippen LogP contribution in [0.2, 0.25) is 0 Å². The van der Waals surface area contributed by atoms with Gasteiger partial charge in [-0.05, 0) is 24.1 Å². The van der Waals surface area contributed by atoms with Crippen molar-refractivity contribution in [2.75, 3.05) is 18.8 Å².